The number of Topliss-reactive ketones (excluding diaryl/α,β-unsaturated/α-hetero) is 2. The second kappa shape index (κ2) is 7.81. The second-order valence-electron chi connectivity index (χ2n) is 5.75. The van der Waals surface area contributed by atoms with Crippen molar-refractivity contribution in [1.29, 1.82) is 0 Å². The van der Waals surface area contributed by atoms with Crippen LogP contribution < -0.4 is 0 Å². The molecule has 23 heavy (non-hydrogen) atoms. The molecule has 0 aromatic heterocycles. The van der Waals surface area contributed by atoms with Crippen molar-refractivity contribution in [2.45, 2.75) is 38.5 Å². The highest BCUT2D eigenvalue weighted by Crippen LogP contribution is 2.33. The van der Waals surface area contributed by atoms with Crippen LogP contribution in [-0.2, 0) is 14.4 Å². The molecule has 2 atom stereocenters. The van der Waals surface area contributed by atoms with Gasteiger partial charge in [-0.3, -0.25) is 19.4 Å². The topological polar surface area (TPSA) is 83.8 Å². The summed E-state index contributed by atoms with van der Waals surface area (Å²) < 4.78 is 0. The van der Waals surface area contributed by atoms with Crippen molar-refractivity contribution in [3.8, 4) is 0 Å². The van der Waals surface area contributed by atoms with E-state index in [1.807, 2.05) is 30.3 Å². The Morgan fingerprint density at radius 2 is 1.91 bits per heavy atom. The molecule has 0 spiro atoms. The maximum absolute atomic E-state index is 12.5. The zero-order valence-corrected chi connectivity index (χ0v) is 13.2. The minimum Gasteiger partial charge on any atom is -0.481 e. The molecule has 122 valence electrons. The molecule has 0 unspecified atom stereocenters. The summed E-state index contributed by atoms with van der Waals surface area (Å²) in [6, 6.07) is 9.69. The molecule has 1 aromatic carbocycles. The van der Waals surface area contributed by atoms with Gasteiger partial charge >= 0.3 is 5.97 Å². The van der Waals surface area contributed by atoms with E-state index in [0.29, 0.717) is 18.6 Å². The first-order chi connectivity index (χ1) is 11.0. The van der Waals surface area contributed by atoms with Crippen LogP contribution in [0.4, 0.5) is 0 Å². The number of benzene rings is 1. The molecule has 0 heterocycles. The number of ketones is 2. The van der Waals surface area contributed by atoms with Gasteiger partial charge in [-0.05, 0) is 17.9 Å². The van der Waals surface area contributed by atoms with Gasteiger partial charge in [0.25, 0.3) is 0 Å². The minimum atomic E-state index is -0.936. The largest absolute Gasteiger partial charge is 0.481 e. The molecule has 1 aliphatic carbocycles. The Kier molecular flexibility index (Phi) is 5.79. The van der Waals surface area contributed by atoms with Crippen LogP contribution >= 0.6 is 0 Å². The molecular weight excluding hydrogens is 294 g/mol. The molecule has 0 aliphatic heterocycles. The predicted octanol–water partition coefficient (Wildman–Crippen LogP) is 2.64. The summed E-state index contributed by atoms with van der Waals surface area (Å²) in [7, 11) is 0. The van der Waals surface area contributed by atoms with E-state index < -0.39 is 11.9 Å². The van der Waals surface area contributed by atoms with E-state index in [2.05, 4.69) is 4.99 Å². The Labute approximate surface area is 135 Å². The molecule has 1 aliphatic rings. The lowest BCUT2D eigenvalue weighted by Crippen LogP contribution is -2.38. The van der Waals surface area contributed by atoms with Crippen LogP contribution in [0.1, 0.15) is 44.1 Å². The lowest BCUT2D eigenvalue weighted by Gasteiger charge is -2.28. The van der Waals surface area contributed by atoms with Crippen LogP contribution in [0.15, 0.2) is 35.3 Å². The zero-order valence-electron chi connectivity index (χ0n) is 13.2. The Bertz CT molecular complexity index is 621. The fourth-order valence-electron chi connectivity index (χ4n) is 2.97. The van der Waals surface area contributed by atoms with Crippen LogP contribution in [-0.4, -0.2) is 34.9 Å². The molecule has 1 fully saturated rings. The molecule has 0 saturated heterocycles. The molecule has 0 radical (unpaired) electrons. The van der Waals surface area contributed by atoms with Crippen molar-refractivity contribution in [2.75, 3.05) is 6.54 Å². The third-order valence-corrected chi connectivity index (χ3v) is 4.14. The van der Waals surface area contributed by atoms with Gasteiger partial charge in [0.2, 0.25) is 0 Å². The number of carbonyl (C=O) groups is 3. The highest BCUT2D eigenvalue weighted by atomic mass is 16.4. The summed E-state index contributed by atoms with van der Waals surface area (Å²) in [6.45, 7) is 1.83. The van der Waals surface area contributed by atoms with Gasteiger partial charge in [-0.2, -0.15) is 0 Å². The van der Waals surface area contributed by atoms with Crippen molar-refractivity contribution < 1.29 is 19.5 Å². The average molecular weight is 315 g/mol. The van der Waals surface area contributed by atoms with Gasteiger partial charge in [-0.15, -0.1) is 0 Å². The summed E-state index contributed by atoms with van der Waals surface area (Å²) in [5.41, 5.74) is 1.59. The Morgan fingerprint density at radius 3 is 2.52 bits per heavy atom. The molecule has 2 rings (SSSR count). The number of hydrogen-bond donors (Lipinski definition) is 1. The molecular formula is C18H21NO4. The predicted molar refractivity (Wildman–Crippen MR) is 86.8 cm³/mol. The molecule has 0 bridgehead atoms. The zero-order chi connectivity index (χ0) is 16.8. The van der Waals surface area contributed by atoms with Gasteiger partial charge < -0.3 is 5.11 Å². The van der Waals surface area contributed by atoms with Gasteiger partial charge in [0.1, 0.15) is 17.5 Å². The monoisotopic (exact) mass is 315 g/mol. The third kappa shape index (κ3) is 4.34. The lowest BCUT2D eigenvalue weighted by atomic mass is 9.74. The lowest BCUT2D eigenvalue weighted by molar-refractivity contribution is -0.136. The van der Waals surface area contributed by atoms with E-state index in [1.54, 1.807) is 6.92 Å². The van der Waals surface area contributed by atoms with Gasteiger partial charge in [-0.25, -0.2) is 0 Å². The SMILES string of the molecule is CCC(=O)[C@H]1C(=O)C[C@H](c2ccccc2)CC1=NCCC(=O)O. The van der Waals surface area contributed by atoms with E-state index >= 15 is 0 Å². The van der Waals surface area contributed by atoms with E-state index in [9.17, 15) is 14.4 Å². The van der Waals surface area contributed by atoms with Crippen LogP contribution in [0.5, 0.6) is 0 Å². The number of aliphatic carboxylic acids is 1. The first-order valence-corrected chi connectivity index (χ1v) is 7.88. The van der Waals surface area contributed by atoms with E-state index in [1.165, 1.54) is 0 Å². The number of carboxylic acid groups (broad SMARTS) is 1. The quantitative estimate of drug-likeness (QED) is 0.818. The number of nitrogens with zero attached hydrogens (tertiary/aromatic N) is 1. The first kappa shape index (κ1) is 17.1. The smallest absolute Gasteiger partial charge is 0.305 e. The maximum atomic E-state index is 12.5. The molecule has 5 nitrogen and oxygen atoms in total. The molecule has 0 amide bonds. The van der Waals surface area contributed by atoms with Crippen LogP contribution in [0, 0.1) is 5.92 Å². The molecule has 1 N–H and O–H groups in total. The summed E-state index contributed by atoms with van der Waals surface area (Å²) in [4.78, 5) is 39.5. The summed E-state index contributed by atoms with van der Waals surface area (Å²) in [5.74, 6) is -1.95. The van der Waals surface area contributed by atoms with Crippen LogP contribution in [0.25, 0.3) is 0 Å². The molecule has 5 heteroatoms. The van der Waals surface area contributed by atoms with Crippen molar-refractivity contribution in [3.63, 3.8) is 0 Å². The Morgan fingerprint density at radius 1 is 1.22 bits per heavy atom. The van der Waals surface area contributed by atoms with E-state index in [0.717, 1.165) is 5.56 Å². The fraction of sp³-hybridized carbons (Fsp3) is 0.444. The van der Waals surface area contributed by atoms with Crippen molar-refractivity contribution in [2.24, 2.45) is 10.9 Å². The number of carbonyl (C=O) groups excluding carboxylic acids is 2. The number of carboxylic acids is 1. The van der Waals surface area contributed by atoms with Gasteiger partial charge in [0, 0.05) is 25.1 Å². The van der Waals surface area contributed by atoms with Gasteiger partial charge in [0.05, 0.1) is 6.42 Å². The molecule has 1 saturated carbocycles. The van der Waals surface area contributed by atoms with Crippen molar-refractivity contribution in [3.05, 3.63) is 35.9 Å². The van der Waals surface area contributed by atoms with Gasteiger partial charge in [0.15, 0.2) is 0 Å². The average Bonchev–Trinajstić information content (AvgIpc) is 2.54. The number of aliphatic imine (C=N–C) groups is 1. The highest BCUT2D eigenvalue weighted by Gasteiger charge is 2.37. The highest BCUT2D eigenvalue weighted by molar-refractivity contribution is 6.22. The van der Waals surface area contributed by atoms with Crippen molar-refractivity contribution in [1.82, 2.24) is 0 Å². The summed E-state index contributed by atoms with van der Waals surface area (Å²) in [5, 5.41) is 8.74. The Balaban J connectivity index is 2.24. The Hall–Kier alpha value is -2.30. The standard InChI is InChI=1S/C18H21NO4/c1-2-15(20)18-14(19-9-8-17(22)23)10-13(11-16(18)21)12-6-4-3-5-7-12/h3-7,13,18H,2,8-11H2,1H3,(H,22,23)/t13-,18+/m1/s1. The van der Waals surface area contributed by atoms with Crippen LogP contribution in [0.3, 0.4) is 0 Å². The van der Waals surface area contributed by atoms with Crippen molar-refractivity contribution >= 4 is 23.2 Å². The summed E-state index contributed by atoms with van der Waals surface area (Å²) >= 11 is 0. The number of hydrogen-bond acceptors (Lipinski definition) is 4. The normalized spacial score (nSPS) is 23.0. The third-order valence-electron chi connectivity index (χ3n) is 4.14. The fourth-order valence-corrected chi connectivity index (χ4v) is 2.97. The van der Waals surface area contributed by atoms with E-state index in [4.69, 9.17) is 5.11 Å². The number of rotatable bonds is 6. The minimum absolute atomic E-state index is 0.00758. The van der Waals surface area contributed by atoms with Crippen LogP contribution in [0.2, 0.25) is 0 Å². The second-order valence-corrected chi connectivity index (χ2v) is 5.75. The van der Waals surface area contributed by atoms with Gasteiger partial charge in [-0.1, -0.05) is 37.3 Å². The van der Waals surface area contributed by atoms with E-state index in [-0.39, 0.29) is 36.9 Å². The first-order valence-electron chi connectivity index (χ1n) is 7.88. The maximum Gasteiger partial charge on any atom is 0.305 e. The molecule has 1 aromatic rings. The summed E-state index contributed by atoms with van der Waals surface area (Å²) in [6.07, 6.45) is 1.05.